The topological polar surface area (TPSA) is 68.3 Å². The molecule has 1 aromatic heterocycles. The molecule has 0 aliphatic heterocycles. The average molecular weight is 268 g/mol. The standard InChI is InChI=1S/C13H24N4O2/c1-9-6-14-13(16-11(3)8-19-5)17-12(9)15-10(2)7-18-4/h6,10-11H,7-8H2,1-5H3,(H2,14,15,16,17). The van der Waals surface area contributed by atoms with Crippen LogP contribution in [0.25, 0.3) is 0 Å². The van der Waals surface area contributed by atoms with Crippen LogP contribution in [0, 0.1) is 6.92 Å². The Labute approximate surface area is 114 Å². The summed E-state index contributed by atoms with van der Waals surface area (Å²) in [5, 5.41) is 6.51. The predicted molar refractivity (Wildman–Crippen MR) is 76.7 cm³/mol. The molecule has 0 aliphatic rings. The van der Waals surface area contributed by atoms with Gasteiger partial charge >= 0.3 is 0 Å². The molecular formula is C13H24N4O2. The summed E-state index contributed by atoms with van der Waals surface area (Å²) < 4.78 is 10.2. The number of anilines is 2. The molecule has 19 heavy (non-hydrogen) atoms. The van der Waals surface area contributed by atoms with Gasteiger partial charge < -0.3 is 20.1 Å². The molecule has 0 amide bonds. The van der Waals surface area contributed by atoms with E-state index in [-0.39, 0.29) is 12.1 Å². The third-order valence-corrected chi connectivity index (χ3v) is 2.56. The lowest BCUT2D eigenvalue weighted by Crippen LogP contribution is -2.24. The molecular weight excluding hydrogens is 244 g/mol. The number of hydrogen-bond acceptors (Lipinski definition) is 6. The smallest absolute Gasteiger partial charge is 0.224 e. The fourth-order valence-corrected chi connectivity index (χ4v) is 1.69. The number of methoxy groups -OCH3 is 2. The van der Waals surface area contributed by atoms with Gasteiger partial charge in [-0.1, -0.05) is 0 Å². The number of aromatic nitrogens is 2. The fraction of sp³-hybridized carbons (Fsp3) is 0.692. The molecule has 0 fully saturated rings. The maximum atomic E-state index is 5.10. The van der Waals surface area contributed by atoms with Crippen LogP contribution in [0.15, 0.2) is 6.20 Å². The zero-order valence-corrected chi connectivity index (χ0v) is 12.4. The minimum atomic E-state index is 0.164. The van der Waals surface area contributed by atoms with E-state index in [1.165, 1.54) is 0 Å². The van der Waals surface area contributed by atoms with Crippen LogP contribution in [0.5, 0.6) is 0 Å². The summed E-state index contributed by atoms with van der Waals surface area (Å²) in [6.45, 7) is 7.29. The minimum absolute atomic E-state index is 0.164. The van der Waals surface area contributed by atoms with Gasteiger partial charge in [0.05, 0.1) is 13.2 Å². The van der Waals surface area contributed by atoms with Crippen LogP contribution < -0.4 is 10.6 Å². The summed E-state index contributed by atoms with van der Waals surface area (Å²) in [4.78, 5) is 8.74. The van der Waals surface area contributed by atoms with Crippen molar-refractivity contribution < 1.29 is 9.47 Å². The average Bonchev–Trinajstić information content (AvgIpc) is 2.34. The second-order valence-corrected chi connectivity index (χ2v) is 4.73. The Bertz CT molecular complexity index is 387. The summed E-state index contributed by atoms with van der Waals surface area (Å²) in [7, 11) is 3.36. The summed E-state index contributed by atoms with van der Waals surface area (Å²) in [6, 6.07) is 0.361. The van der Waals surface area contributed by atoms with Gasteiger partial charge in [0, 0.05) is 38.1 Å². The van der Waals surface area contributed by atoms with E-state index in [1.54, 1.807) is 20.4 Å². The Hall–Kier alpha value is -1.40. The van der Waals surface area contributed by atoms with E-state index in [4.69, 9.17) is 9.47 Å². The van der Waals surface area contributed by atoms with Crippen molar-refractivity contribution >= 4 is 11.8 Å². The van der Waals surface area contributed by atoms with E-state index in [0.717, 1.165) is 11.4 Å². The van der Waals surface area contributed by atoms with Crippen molar-refractivity contribution in [1.82, 2.24) is 9.97 Å². The van der Waals surface area contributed by atoms with Crippen molar-refractivity contribution in [2.24, 2.45) is 0 Å². The molecule has 1 rings (SSSR count). The minimum Gasteiger partial charge on any atom is -0.383 e. The maximum absolute atomic E-state index is 5.10. The summed E-state index contributed by atoms with van der Waals surface area (Å²) >= 11 is 0. The molecule has 2 unspecified atom stereocenters. The largest absolute Gasteiger partial charge is 0.383 e. The van der Waals surface area contributed by atoms with E-state index < -0.39 is 0 Å². The SMILES string of the molecule is COCC(C)Nc1ncc(C)c(NC(C)COC)n1. The Kier molecular flexibility index (Phi) is 6.52. The Morgan fingerprint density at radius 2 is 1.68 bits per heavy atom. The van der Waals surface area contributed by atoms with Gasteiger partial charge in [0.25, 0.3) is 0 Å². The van der Waals surface area contributed by atoms with E-state index in [2.05, 4.69) is 20.6 Å². The molecule has 6 heteroatoms. The van der Waals surface area contributed by atoms with Gasteiger partial charge in [0.2, 0.25) is 5.95 Å². The van der Waals surface area contributed by atoms with Gasteiger partial charge in [-0.3, -0.25) is 0 Å². The fourth-order valence-electron chi connectivity index (χ4n) is 1.69. The van der Waals surface area contributed by atoms with Crippen molar-refractivity contribution in [3.63, 3.8) is 0 Å². The lowest BCUT2D eigenvalue weighted by molar-refractivity contribution is 0.190. The Morgan fingerprint density at radius 1 is 1.11 bits per heavy atom. The lowest BCUT2D eigenvalue weighted by Gasteiger charge is -2.17. The third kappa shape index (κ3) is 5.40. The lowest BCUT2D eigenvalue weighted by atomic mass is 10.3. The van der Waals surface area contributed by atoms with E-state index >= 15 is 0 Å². The second kappa shape index (κ2) is 7.91. The highest BCUT2D eigenvalue weighted by molar-refractivity contribution is 5.47. The first-order valence-corrected chi connectivity index (χ1v) is 6.41. The molecule has 0 bridgehead atoms. The molecule has 2 N–H and O–H groups in total. The van der Waals surface area contributed by atoms with Gasteiger partial charge in [0.1, 0.15) is 5.82 Å². The molecule has 108 valence electrons. The molecule has 2 atom stereocenters. The predicted octanol–water partition coefficient (Wildman–Crippen LogP) is 1.68. The third-order valence-electron chi connectivity index (χ3n) is 2.56. The Balaban J connectivity index is 2.70. The number of nitrogens with zero attached hydrogens (tertiary/aromatic N) is 2. The number of rotatable bonds is 8. The van der Waals surface area contributed by atoms with Crippen molar-refractivity contribution in [3.05, 3.63) is 11.8 Å². The van der Waals surface area contributed by atoms with Gasteiger partial charge in [-0.05, 0) is 20.8 Å². The first kappa shape index (κ1) is 15.7. The normalized spacial score (nSPS) is 13.9. The summed E-state index contributed by atoms with van der Waals surface area (Å²) in [5.74, 6) is 1.42. The van der Waals surface area contributed by atoms with E-state index in [9.17, 15) is 0 Å². The quantitative estimate of drug-likeness (QED) is 0.747. The zero-order chi connectivity index (χ0) is 14.3. The molecule has 6 nitrogen and oxygen atoms in total. The highest BCUT2D eigenvalue weighted by Gasteiger charge is 2.09. The molecule has 0 radical (unpaired) electrons. The number of aryl methyl sites for hydroxylation is 1. The highest BCUT2D eigenvalue weighted by atomic mass is 16.5. The molecule has 0 saturated carbocycles. The second-order valence-electron chi connectivity index (χ2n) is 4.73. The first-order chi connectivity index (χ1) is 9.06. The van der Waals surface area contributed by atoms with Crippen molar-refractivity contribution in [2.45, 2.75) is 32.9 Å². The molecule has 0 spiro atoms. The number of ether oxygens (including phenoxy) is 2. The van der Waals surface area contributed by atoms with Gasteiger partial charge in [-0.2, -0.15) is 4.98 Å². The van der Waals surface area contributed by atoms with Gasteiger partial charge in [-0.15, -0.1) is 0 Å². The van der Waals surface area contributed by atoms with Gasteiger partial charge in [0.15, 0.2) is 0 Å². The van der Waals surface area contributed by atoms with Crippen LogP contribution in [0.2, 0.25) is 0 Å². The van der Waals surface area contributed by atoms with Crippen LogP contribution in [0.3, 0.4) is 0 Å². The van der Waals surface area contributed by atoms with Gasteiger partial charge in [-0.25, -0.2) is 4.98 Å². The summed E-state index contributed by atoms with van der Waals surface area (Å²) in [5.41, 5.74) is 1.01. The monoisotopic (exact) mass is 268 g/mol. The van der Waals surface area contributed by atoms with Crippen molar-refractivity contribution in [2.75, 3.05) is 38.1 Å². The van der Waals surface area contributed by atoms with Crippen LogP contribution in [-0.2, 0) is 9.47 Å². The highest BCUT2D eigenvalue weighted by Crippen LogP contribution is 2.14. The molecule has 1 aromatic rings. The number of nitrogens with one attached hydrogen (secondary N) is 2. The van der Waals surface area contributed by atoms with Crippen LogP contribution in [0.1, 0.15) is 19.4 Å². The first-order valence-electron chi connectivity index (χ1n) is 6.41. The van der Waals surface area contributed by atoms with Crippen LogP contribution in [0.4, 0.5) is 11.8 Å². The van der Waals surface area contributed by atoms with E-state index in [0.29, 0.717) is 19.2 Å². The zero-order valence-electron chi connectivity index (χ0n) is 12.4. The molecule has 0 aliphatic carbocycles. The molecule has 1 heterocycles. The summed E-state index contributed by atoms with van der Waals surface area (Å²) in [6.07, 6.45) is 1.80. The Morgan fingerprint density at radius 3 is 2.26 bits per heavy atom. The number of hydrogen-bond donors (Lipinski definition) is 2. The van der Waals surface area contributed by atoms with Crippen molar-refractivity contribution in [1.29, 1.82) is 0 Å². The van der Waals surface area contributed by atoms with Crippen LogP contribution >= 0.6 is 0 Å². The van der Waals surface area contributed by atoms with Crippen LogP contribution in [-0.4, -0.2) is 49.5 Å². The maximum Gasteiger partial charge on any atom is 0.224 e. The molecule has 0 aromatic carbocycles. The molecule has 0 saturated heterocycles. The van der Waals surface area contributed by atoms with Crippen molar-refractivity contribution in [3.8, 4) is 0 Å². The van der Waals surface area contributed by atoms with E-state index in [1.807, 2.05) is 20.8 Å².